The lowest BCUT2D eigenvalue weighted by Crippen LogP contribution is -2.21. The van der Waals surface area contributed by atoms with E-state index >= 15 is 0 Å². The highest BCUT2D eigenvalue weighted by molar-refractivity contribution is 6.30. The number of halogens is 1. The number of hydrogen-bond acceptors (Lipinski definition) is 3. The van der Waals surface area contributed by atoms with Crippen LogP contribution < -0.4 is 10.6 Å². The molecule has 25 heavy (non-hydrogen) atoms. The smallest absolute Gasteiger partial charge is 0.130 e. The number of aromatic nitrogens is 1. The largest absolute Gasteiger partial charge is 0.340 e. The summed E-state index contributed by atoms with van der Waals surface area (Å²) in [6.45, 7) is 2.08. The number of rotatable bonds is 7. The van der Waals surface area contributed by atoms with Crippen LogP contribution in [-0.2, 0) is 6.54 Å². The second-order valence-electron chi connectivity index (χ2n) is 7.46. The van der Waals surface area contributed by atoms with Crippen LogP contribution in [0.25, 0.3) is 0 Å². The van der Waals surface area contributed by atoms with E-state index in [2.05, 4.69) is 21.7 Å². The van der Waals surface area contributed by atoms with Crippen LogP contribution in [0.5, 0.6) is 0 Å². The number of anilines is 2. The Balaban J connectivity index is 1.43. The maximum atomic E-state index is 6.07. The topological polar surface area (TPSA) is 37.0 Å². The van der Waals surface area contributed by atoms with Gasteiger partial charge in [0.2, 0.25) is 0 Å². The predicted molar refractivity (Wildman–Crippen MR) is 105 cm³/mol. The van der Waals surface area contributed by atoms with E-state index in [1.54, 1.807) is 0 Å². The van der Waals surface area contributed by atoms with Crippen LogP contribution in [0.1, 0.15) is 55.6 Å². The maximum absolute atomic E-state index is 6.07. The summed E-state index contributed by atoms with van der Waals surface area (Å²) in [4.78, 5) is 4.63. The molecule has 2 aliphatic rings. The van der Waals surface area contributed by atoms with E-state index in [1.807, 2.05) is 30.5 Å². The molecule has 0 aliphatic heterocycles. The summed E-state index contributed by atoms with van der Waals surface area (Å²) in [5.74, 6) is 2.50. The molecule has 0 radical (unpaired) electrons. The molecule has 0 unspecified atom stereocenters. The molecule has 2 aromatic rings. The van der Waals surface area contributed by atoms with Crippen molar-refractivity contribution in [1.82, 2.24) is 10.3 Å². The molecule has 2 N–H and O–H groups in total. The first-order chi connectivity index (χ1) is 12.3. The first-order valence-electron chi connectivity index (χ1n) is 9.50. The van der Waals surface area contributed by atoms with Crippen LogP contribution in [-0.4, -0.2) is 11.5 Å². The Kier molecular flexibility index (Phi) is 5.23. The third-order valence-electron chi connectivity index (χ3n) is 5.36. The van der Waals surface area contributed by atoms with E-state index in [0.717, 1.165) is 35.5 Å². The summed E-state index contributed by atoms with van der Waals surface area (Å²) in [6.07, 6.45) is 10.2. The van der Waals surface area contributed by atoms with Crippen LogP contribution in [0.15, 0.2) is 36.5 Å². The van der Waals surface area contributed by atoms with Crippen molar-refractivity contribution in [2.24, 2.45) is 5.92 Å². The SMILES string of the molecule is Clc1cccc(Nc2cc(C3CC3)c(CNCC3CCCC3)cn2)c1. The van der Waals surface area contributed by atoms with Crippen molar-refractivity contribution in [2.45, 2.75) is 51.0 Å². The lowest BCUT2D eigenvalue weighted by atomic mass is 10.0. The molecule has 0 atom stereocenters. The van der Waals surface area contributed by atoms with Crippen LogP contribution in [0.3, 0.4) is 0 Å². The van der Waals surface area contributed by atoms with Gasteiger partial charge in [-0.1, -0.05) is 30.5 Å². The third kappa shape index (κ3) is 4.53. The van der Waals surface area contributed by atoms with Gasteiger partial charge < -0.3 is 10.6 Å². The standard InChI is InChI=1S/C21H26ClN3/c22-18-6-3-7-19(10-18)25-21-11-20(16-8-9-16)17(14-24-21)13-23-12-15-4-1-2-5-15/h3,6-7,10-11,14-16,23H,1-2,4-5,8-9,12-13H2,(H,24,25). The number of nitrogens with one attached hydrogen (secondary N) is 2. The molecule has 1 heterocycles. The van der Waals surface area contributed by atoms with Crippen LogP contribution in [0, 0.1) is 5.92 Å². The Morgan fingerprint density at radius 1 is 1.08 bits per heavy atom. The van der Waals surface area contributed by atoms with Crippen molar-refractivity contribution in [3.05, 3.63) is 52.7 Å². The minimum Gasteiger partial charge on any atom is -0.340 e. The molecule has 4 rings (SSSR count). The summed E-state index contributed by atoms with van der Waals surface area (Å²) < 4.78 is 0. The Labute approximate surface area is 155 Å². The van der Waals surface area contributed by atoms with Gasteiger partial charge in [0, 0.05) is 23.5 Å². The Morgan fingerprint density at radius 3 is 2.68 bits per heavy atom. The first kappa shape index (κ1) is 16.9. The first-order valence-corrected chi connectivity index (χ1v) is 9.88. The molecular formula is C21H26ClN3. The average molecular weight is 356 g/mol. The minimum atomic E-state index is 0.714. The van der Waals surface area contributed by atoms with E-state index in [9.17, 15) is 0 Å². The molecular weight excluding hydrogens is 330 g/mol. The van der Waals surface area contributed by atoms with Gasteiger partial charge in [-0.2, -0.15) is 0 Å². The van der Waals surface area contributed by atoms with Gasteiger partial charge in [-0.25, -0.2) is 4.98 Å². The zero-order valence-electron chi connectivity index (χ0n) is 14.6. The molecule has 2 aliphatic carbocycles. The second-order valence-corrected chi connectivity index (χ2v) is 7.90. The van der Waals surface area contributed by atoms with Crippen LogP contribution in [0.2, 0.25) is 5.02 Å². The van der Waals surface area contributed by atoms with Gasteiger partial charge in [0.25, 0.3) is 0 Å². The van der Waals surface area contributed by atoms with Gasteiger partial charge in [-0.15, -0.1) is 0 Å². The van der Waals surface area contributed by atoms with E-state index in [1.165, 1.54) is 49.7 Å². The normalized spacial score (nSPS) is 17.8. The van der Waals surface area contributed by atoms with E-state index in [-0.39, 0.29) is 0 Å². The summed E-state index contributed by atoms with van der Waals surface area (Å²) >= 11 is 6.07. The molecule has 0 amide bonds. The van der Waals surface area contributed by atoms with Gasteiger partial charge in [-0.05, 0) is 79.5 Å². The lowest BCUT2D eigenvalue weighted by molar-refractivity contribution is 0.488. The second kappa shape index (κ2) is 7.76. The highest BCUT2D eigenvalue weighted by atomic mass is 35.5. The third-order valence-corrected chi connectivity index (χ3v) is 5.59. The maximum Gasteiger partial charge on any atom is 0.130 e. The number of benzene rings is 1. The van der Waals surface area contributed by atoms with Crippen molar-refractivity contribution in [1.29, 1.82) is 0 Å². The predicted octanol–water partition coefficient (Wildman–Crippen LogP) is 5.64. The molecule has 0 saturated heterocycles. The summed E-state index contributed by atoms with van der Waals surface area (Å²) in [7, 11) is 0. The molecule has 1 aromatic carbocycles. The summed E-state index contributed by atoms with van der Waals surface area (Å²) in [6, 6.07) is 10.0. The molecule has 0 spiro atoms. The monoisotopic (exact) mass is 355 g/mol. The van der Waals surface area contributed by atoms with E-state index in [0.29, 0.717) is 5.92 Å². The minimum absolute atomic E-state index is 0.714. The summed E-state index contributed by atoms with van der Waals surface area (Å²) in [5.41, 5.74) is 3.80. The highest BCUT2D eigenvalue weighted by Gasteiger charge is 2.26. The molecule has 132 valence electrons. The number of nitrogens with zero attached hydrogens (tertiary/aromatic N) is 1. The Morgan fingerprint density at radius 2 is 1.92 bits per heavy atom. The van der Waals surface area contributed by atoms with Crippen molar-refractivity contribution in [3.63, 3.8) is 0 Å². The Bertz CT molecular complexity index is 721. The quantitative estimate of drug-likeness (QED) is 0.675. The van der Waals surface area contributed by atoms with Gasteiger partial charge in [0.15, 0.2) is 0 Å². The number of hydrogen-bond donors (Lipinski definition) is 2. The lowest BCUT2D eigenvalue weighted by Gasteiger charge is -2.14. The van der Waals surface area contributed by atoms with Crippen molar-refractivity contribution < 1.29 is 0 Å². The fourth-order valence-electron chi connectivity index (χ4n) is 3.83. The molecule has 0 bridgehead atoms. The zero-order valence-corrected chi connectivity index (χ0v) is 15.4. The molecule has 4 heteroatoms. The molecule has 2 fully saturated rings. The van der Waals surface area contributed by atoms with Gasteiger partial charge in [0.05, 0.1) is 0 Å². The van der Waals surface area contributed by atoms with Crippen molar-refractivity contribution in [2.75, 3.05) is 11.9 Å². The highest BCUT2D eigenvalue weighted by Crippen LogP contribution is 2.42. The molecule has 2 saturated carbocycles. The van der Waals surface area contributed by atoms with Gasteiger partial charge in [-0.3, -0.25) is 0 Å². The number of pyridine rings is 1. The van der Waals surface area contributed by atoms with Crippen LogP contribution in [0.4, 0.5) is 11.5 Å². The fraction of sp³-hybridized carbons (Fsp3) is 0.476. The van der Waals surface area contributed by atoms with Crippen molar-refractivity contribution in [3.8, 4) is 0 Å². The summed E-state index contributed by atoms with van der Waals surface area (Å²) in [5, 5.41) is 7.78. The fourth-order valence-corrected chi connectivity index (χ4v) is 4.02. The zero-order chi connectivity index (χ0) is 17.1. The molecule has 1 aromatic heterocycles. The van der Waals surface area contributed by atoms with E-state index in [4.69, 9.17) is 11.6 Å². The molecule has 3 nitrogen and oxygen atoms in total. The van der Waals surface area contributed by atoms with Gasteiger partial charge >= 0.3 is 0 Å². The van der Waals surface area contributed by atoms with Crippen molar-refractivity contribution >= 4 is 23.1 Å². The van der Waals surface area contributed by atoms with E-state index < -0.39 is 0 Å². The average Bonchev–Trinajstić information content (AvgIpc) is 3.32. The van der Waals surface area contributed by atoms with Gasteiger partial charge in [0.1, 0.15) is 5.82 Å². The Hall–Kier alpha value is -1.58. The van der Waals surface area contributed by atoms with Crippen LogP contribution >= 0.6 is 11.6 Å².